The molecule has 0 heterocycles. The topological polar surface area (TPSA) is 30.5 Å². The second kappa shape index (κ2) is 8.23. The standard InChI is InChI=1S/C17H28FNO2/c1-6-19-10-9-17(2,3)8-7-13-11-15(20-4)16(21-5)12-14(13)18/h11-12,19H,6-10H2,1-5H3. The van der Waals surface area contributed by atoms with Crippen LogP contribution in [0.4, 0.5) is 4.39 Å². The van der Waals surface area contributed by atoms with Crippen LogP contribution in [0.5, 0.6) is 11.5 Å². The molecule has 0 aliphatic rings. The lowest BCUT2D eigenvalue weighted by molar-refractivity contribution is 0.301. The third kappa shape index (κ3) is 5.54. The lowest BCUT2D eigenvalue weighted by Crippen LogP contribution is -2.22. The fourth-order valence-electron chi connectivity index (χ4n) is 2.29. The Labute approximate surface area is 127 Å². The van der Waals surface area contributed by atoms with Gasteiger partial charge in [0.2, 0.25) is 0 Å². The van der Waals surface area contributed by atoms with Gasteiger partial charge in [-0.25, -0.2) is 4.39 Å². The van der Waals surface area contributed by atoms with Crippen molar-refractivity contribution in [1.29, 1.82) is 0 Å². The molecular formula is C17H28FNO2. The van der Waals surface area contributed by atoms with Gasteiger partial charge in [-0.3, -0.25) is 0 Å². The maximum Gasteiger partial charge on any atom is 0.163 e. The van der Waals surface area contributed by atoms with E-state index < -0.39 is 0 Å². The minimum atomic E-state index is -0.227. The fourth-order valence-corrected chi connectivity index (χ4v) is 2.29. The van der Waals surface area contributed by atoms with Crippen LogP contribution in [0, 0.1) is 11.2 Å². The van der Waals surface area contributed by atoms with Gasteiger partial charge in [-0.05, 0) is 49.4 Å². The van der Waals surface area contributed by atoms with Crippen molar-refractivity contribution in [2.45, 2.75) is 40.0 Å². The van der Waals surface area contributed by atoms with Gasteiger partial charge in [0, 0.05) is 6.07 Å². The average molecular weight is 297 g/mol. The van der Waals surface area contributed by atoms with Crippen molar-refractivity contribution in [1.82, 2.24) is 5.32 Å². The Morgan fingerprint density at radius 1 is 1.10 bits per heavy atom. The summed E-state index contributed by atoms with van der Waals surface area (Å²) in [6.07, 6.45) is 2.71. The van der Waals surface area contributed by atoms with Gasteiger partial charge in [0.1, 0.15) is 5.82 Å². The Balaban J connectivity index is 2.70. The van der Waals surface area contributed by atoms with Crippen LogP contribution < -0.4 is 14.8 Å². The zero-order valence-electron chi connectivity index (χ0n) is 13.9. The maximum absolute atomic E-state index is 14.1. The molecule has 4 heteroatoms. The van der Waals surface area contributed by atoms with Crippen LogP contribution in [-0.2, 0) is 6.42 Å². The highest BCUT2D eigenvalue weighted by Gasteiger charge is 2.19. The molecule has 1 N–H and O–H groups in total. The molecule has 1 rings (SSSR count). The molecule has 1 aromatic rings. The lowest BCUT2D eigenvalue weighted by atomic mass is 9.83. The summed E-state index contributed by atoms with van der Waals surface area (Å²) in [5, 5.41) is 3.34. The summed E-state index contributed by atoms with van der Waals surface area (Å²) in [5.41, 5.74) is 0.867. The lowest BCUT2D eigenvalue weighted by Gasteiger charge is -2.25. The zero-order chi connectivity index (χ0) is 15.9. The minimum absolute atomic E-state index is 0.182. The Hall–Kier alpha value is -1.29. The highest BCUT2D eigenvalue weighted by Crippen LogP contribution is 2.32. The third-order valence-electron chi connectivity index (χ3n) is 3.85. The van der Waals surface area contributed by atoms with E-state index in [9.17, 15) is 4.39 Å². The smallest absolute Gasteiger partial charge is 0.163 e. The molecule has 3 nitrogen and oxygen atoms in total. The molecule has 0 atom stereocenters. The summed E-state index contributed by atoms with van der Waals surface area (Å²) < 4.78 is 24.4. The Morgan fingerprint density at radius 2 is 1.71 bits per heavy atom. The first kappa shape index (κ1) is 17.8. The van der Waals surface area contributed by atoms with E-state index in [0.717, 1.165) is 25.9 Å². The van der Waals surface area contributed by atoms with E-state index in [1.165, 1.54) is 13.2 Å². The first-order chi connectivity index (χ1) is 9.93. The highest BCUT2D eigenvalue weighted by atomic mass is 19.1. The van der Waals surface area contributed by atoms with Crippen LogP contribution >= 0.6 is 0 Å². The van der Waals surface area contributed by atoms with Gasteiger partial charge in [-0.15, -0.1) is 0 Å². The van der Waals surface area contributed by atoms with Gasteiger partial charge in [-0.1, -0.05) is 20.8 Å². The fraction of sp³-hybridized carbons (Fsp3) is 0.647. The third-order valence-corrected chi connectivity index (χ3v) is 3.85. The SMILES string of the molecule is CCNCCC(C)(C)CCc1cc(OC)c(OC)cc1F. The van der Waals surface area contributed by atoms with E-state index in [1.54, 1.807) is 13.2 Å². The first-order valence-corrected chi connectivity index (χ1v) is 7.54. The van der Waals surface area contributed by atoms with Gasteiger partial charge in [0.25, 0.3) is 0 Å². The second-order valence-electron chi connectivity index (χ2n) is 6.07. The van der Waals surface area contributed by atoms with Gasteiger partial charge in [-0.2, -0.15) is 0 Å². The number of methoxy groups -OCH3 is 2. The quantitative estimate of drug-likeness (QED) is 0.703. The Morgan fingerprint density at radius 3 is 2.29 bits per heavy atom. The molecular weight excluding hydrogens is 269 g/mol. The number of benzene rings is 1. The van der Waals surface area contributed by atoms with Crippen molar-refractivity contribution in [3.05, 3.63) is 23.5 Å². The molecule has 120 valence electrons. The van der Waals surface area contributed by atoms with Crippen molar-refractivity contribution >= 4 is 0 Å². The maximum atomic E-state index is 14.1. The summed E-state index contributed by atoms with van der Waals surface area (Å²) in [4.78, 5) is 0. The van der Waals surface area contributed by atoms with E-state index in [0.29, 0.717) is 23.5 Å². The molecule has 0 unspecified atom stereocenters. The van der Waals surface area contributed by atoms with E-state index >= 15 is 0 Å². The van der Waals surface area contributed by atoms with Gasteiger partial charge >= 0.3 is 0 Å². The summed E-state index contributed by atoms with van der Waals surface area (Å²) in [5.74, 6) is 0.791. The van der Waals surface area contributed by atoms with Crippen LogP contribution in [0.15, 0.2) is 12.1 Å². The Bertz CT molecular complexity index is 447. The van der Waals surface area contributed by atoms with Crippen molar-refractivity contribution in [3.63, 3.8) is 0 Å². The Kier molecular flexibility index (Phi) is 6.96. The predicted octanol–water partition coefficient (Wildman–Crippen LogP) is 3.80. The molecule has 0 saturated heterocycles. The summed E-state index contributed by atoms with van der Waals surface area (Å²) in [6, 6.07) is 3.15. The van der Waals surface area contributed by atoms with E-state index in [1.807, 2.05) is 0 Å². The number of nitrogens with one attached hydrogen (secondary N) is 1. The molecule has 0 spiro atoms. The van der Waals surface area contributed by atoms with E-state index in [4.69, 9.17) is 9.47 Å². The molecule has 0 aliphatic carbocycles. The molecule has 0 radical (unpaired) electrons. The molecule has 0 amide bonds. The van der Waals surface area contributed by atoms with Crippen molar-refractivity contribution in [2.75, 3.05) is 27.3 Å². The number of rotatable bonds is 9. The van der Waals surface area contributed by atoms with Gasteiger partial charge < -0.3 is 14.8 Å². The summed E-state index contributed by atoms with van der Waals surface area (Å²) >= 11 is 0. The molecule has 21 heavy (non-hydrogen) atoms. The van der Waals surface area contributed by atoms with E-state index in [2.05, 4.69) is 26.1 Å². The molecule has 0 bridgehead atoms. The van der Waals surface area contributed by atoms with Crippen molar-refractivity contribution in [3.8, 4) is 11.5 Å². The number of hydrogen-bond acceptors (Lipinski definition) is 3. The molecule has 0 aromatic heterocycles. The molecule has 0 aliphatic heterocycles. The van der Waals surface area contributed by atoms with Crippen molar-refractivity contribution in [2.24, 2.45) is 5.41 Å². The van der Waals surface area contributed by atoms with Crippen LogP contribution in [0.2, 0.25) is 0 Å². The number of halogens is 1. The highest BCUT2D eigenvalue weighted by molar-refractivity contribution is 5.43. The largest absolute Gasteiger partial charge is 0.493 e. The first-order valence-electron chi connectivity index (χ1n) is 7.54. The number of aryl methyl sites for hydroxylation is 1. The van der Waals surface area contributed by atoms with Crippen LogP contribution in [0.25, 0.3) is 0 Å². The van der Waals surface area contributed by atoms with Gasteiger partial charge in [0.15, 0.2) is 11.5 Å². The monoisotopic (exact) mass is 297 g/mol. The second-order valence-corrected chi connectivity index (χ2v) is 6.07. The molecule has 0 saturated carbocycles. The molecule has 1 aromatic carbocycles. The normalized spacial score (nSPS) is 11.5. The summed E-state index contributed by atoms with van der Waals surface area (Å²) in [7, 11) is 3.08. The minimum Gasteiger partial charge on any atom is -0.493 e. The number of hydrogen-bond donors (Lipinski definition) is 1. The van der Waals surface area contributed by atoms with Crippen molar-refractivity contribution < 1.29 is 13.9 Å². The van der Waals surface area contributed by atoms with Crippen LogP contribution in [0.1, 0.15) is 39.2 Å². The average Bonchev–Trinajstić information content (AvgIpc) is 2.45. The number of ether oxygens (including phenoxy) is 2. The molecule has 0 fully saturated rings. The zero-order valence-corrected chi connectivity index (χ0v) is 13.9. The van der Waals surface area contributed by atoms with Gasteiger partial charge in [0.05, 0.1) is 14.2 Å². The van der Waals surface area contributed by atoms with Crippen LogP contribution in [-0.4, -0.2) is 27.3 Å². The predicted molar refractivity (Wildman–Crippen MR) is 84.8 cm³/mol. The van der Waals surface area contributed by atoms with Crippen LogP contribution in [0.3, 0.4) is 0 Å². The van der Waals surface area contributed by atoms with E-state index in [-0.39, 0.29) is 11.2 Å². The summed E-state index contributed by atoms with van der Waals surface area (Å²) in [6.45, 7) is 8.54.